The molecule has 0 aromatic heterocycles. The molecule has 3 rings (SSSR count). The second-order valence-corrected chi connectivity index (χ2v) is 7.80. The van der Waals surface area contributed by atoms with Crippen molar-refractivity contribution in [2.24, 2.45) is 0 Å². The van der Waals surface area contributed by atoms with E-state index >= 15 is 0 Å². The standard InChI is InChI=1S/C27H27N3O3/c1-19(23-6-4-3-5-7-23)29-27(32)25(16-20-8-10-22(18-28)11-9-20)30-26(31)17-21-12-14-24(33-2)15-13-21/h3-15,19,25H,16-17H2,1-2H3,(H,29,32)(H,30,31)/t19-,25+/m1/s1. The zero-order chi connectivity index (χ0) is 23.6. The van der Waals surface area contributed by atoms with E-state index in [2.05, 4.69) is 16.7 Å². The molecule has 168 valence electrons. The van der Waals surface area contributed by atoms with Crippen LogP contribution in [0.4, 0.5) is 0 Å². The lowest BCUT2D eigenvalue weighted by Crippen LogP contribution is -2.49. The Morgan fingerprint density at radius 3 is 2.15 bits per heavy atom. The van der Waals surface area contributed by atoms with Crippen molar-refractivity contribution < 1.29 is 14.3 Å². The molecule has 3 aromatic rings. The summed E-state index contributed by atoms with van der Waals surface area (Å²) in [6, 6.07) is 25.0. The van der Waals surface area contributed by atoms with Crippen molar-refractivity contribution in [3.63, 3.8) is 0 Å². The zero-order valence-corrected chi connectivity index (χ0v) is 18.7. The van der Waals surface area contributed by atoms with Crippen LogP contribution in [0.1, 0.15) is 35.2 Å². The molecule has 0 aliphatic rings. The van der Waals surface area contributed by atoms with Gasteiger partial charge < -0.3 is 15.4 Å². The predicted molar refractivity (Wildman–Crippen MR) is 126 cm³/mol. The first-order valence-electron chi connectivity index (χ1n) is 10.7. The molecular formula is C27H27N3O3. The van der Waals surface area contributed by atoms with Gasteiger partial charge in [-0.1, -0.05) is 54.6 Å². The zero-order valence-electron chi connectivity index (χ0n) is 18.7. The minimum atomic E-state index is -0.755. The summed E-state index contributed by atoms with van der Waals surface area (Å²) < 4.78 is 5.15. The van der Waals surface area contributed by atoms with E-state index in [1.165, 1.54) is 0 Å². The highest BCUT2D eigenvalue weighted by molar-refractivity contribution is 5.88. The molecule has 2 amide bonds. The number of ether oxygens (including phenoxy) is 1. The summed E-state index contributed by atoms with van der Waals surface area (Å²) in [5.41, 5.74) is 3.20. The number of benzene rings is 3. The number of amides is 2. The molecule has 0 fully saturated rings. The van der Waals surface area contributed by atoms with Crippen LogP contribution in [0.2, 0.25) is 0 Å². The molecule has 2 N–H and O–H groups in total. The predicted octanol–water partition coefficient (Wildman–Crippen LogP) is 3.71. The second kappa shape index (κ2) is 11.5. The Morgan fingerprint density at radius 2 is 1.55 bits per heavy atom. The van der Waals surface area contributed by atoms with E-state index < -0.39 is 6.04 Å². The fourth-order valence-corrected chi connectivity index (χ4v) is 3.47. The normalized spacial score (nSPS) is 12.2. The third-order valence-corrected chi connectivity index (χ3v) is 5.36. The maximum Gasteiger partial charge on any atom is 0.243 e. The summed E-state index contributed by atoms with van der Waals surface area (Å²) in [6.07, 6.45) is 0.461. The number of hydrogen-bond acceptors (Lipinski definition) is 4. The molecule has 0 spiro atoms. The Kier molecular flexibility index (Phi) is 8.20. The van der Waals surface area contributed by atoms with Gasteiger partial charge in [-0.3, -0.25) is 9.59 Å². The van der Waals surface area contributed by atoms with Gasteiger partial charge in [0.25, 0.3) is 0 Å². The van der Waals surface area contributed by atoms with Crippen LogP contribution >= 0.6 is 0 Å². The largest absolute Gasteiger partial charge is 0.497 e. The van der Waals surface area contributed by atoms with Gasteiger partial charge >= 0.3 is 0 Å². The number of carbonyl (C=O) groups excluding carboxylic acids is 2. The van der Waals surface area contributed by atoms with Crippen LogP contribution in [0.15, 0.2) is 78.9 Å². The van der Waals surface area contributed by atoms with Crippen molar-refractivity contribution in [2.75, 3.05) is 7.11 Å². The lowest BCUT2D eigenvalue weighted by molar-refractivity contribution is -0.129. The van der Waals surface area contributed by atoms with Gasteiger partial charge in [-0.15, -0.1) is 0 Å². The van der Waals surface area contributed by atoms with Crippen LogP contribution < -0.4 is 15.4 Å². The smallest absolute Gasteiger partial charge is 0.243 e. The first kappa shape index (κ1) is 23.6. The van der Waals surface area contributed by atoms with E-state index in [0.29, 0.717) is 17.7 Å². The van der Waals surface area contributed by atoms with E-state index in [1.807, 2.05) is 49.4 Å². The van der Waals surface area contributed by atoms with Gasteiger partial charge in [0.2, 0.25) is 11.8 Å². The molecule has 0 radical (unpaired) electrons. The van der Waals surface area contributed by atoms with E-state index in [1.54, 1.807) is 43.5 Å². The van der Waals surface area contributed by atoms with Crippen molar-refractivity contribution in [2.45, 2.75) is 31.8 Å². The number of nitrogens with one attached hydrogen (secondary N) is 2. The monoisotopic (exact) mass is 441 g/mol. The molecule has 0 unspecified atom stereocenters. The molecular weight excluding hydrogens is 414 g/mol. The van der Waals surface area contributed by atoms with Crippen LogP contribution in [-0.2, 0) is 22.4 Å². The lowest BCUT2D eigenvalue weighted by Gasteiger charge is -2.22. The Bertz CT molecular complexity index is 1100. The summed E-state index contributed by atoms with van der Waals surface area (Å²) in [6.45, 7) is 1.91. The minimum Gasteiger partial charge on any atom is -0.497 e. The number of nitriles is 1. The maximum atomic E-state index is 13.1. The van der Waals surface area contributed by atoms with Crippen LogP contribution in [0.25, 0.3) is 0 Å². The van der Waals surface area contributed by atoms with Gasteiger partial charge in [-0.2, -0.15) is 5.26 Å². The Labute approximate surface area is 194 Å². The van der Waals surface area contributed by atoms with Crippen molar-refractivity contribution in [3.05, 3.63) is 101 Å². The van der Waals surface area contributed by atoms with E-state index in [-0.39, 0.29) is 24.3 Å². The topological polar surface area (TPSA) is 91.2 Å². The van der Waals surface area contributed by atoms with Gasteiger partial charge in [0.1, 0.15) is 11.8 Å². The molecule has 3 aromatic carbocycles. The summed E-state index contributed by atoms with van der Waals surface area (Å²) in [7, 11) is 1.59. The van der Waals surface area contributed by atoms with E-state index in [0.717, 1.165) is 16.7 Å². The SMILES string of the molecule is COc1ccc(CC(=O)N[C@@H](Cc2ccc(C#N)cc2)C(=O)N[C@H](C)c2ccccc2)cc1. The lowest BCUT2D eigenvalue weighted by atomic mass is 10.0. The summed E-state index contributed by atoms with van der Waals surface area (Å²) in [5.74, 6) is 0.201. The van der Waals surface area contributed by atoms with Crippen molar-refractivity contribution in [3.8, 4) is 11.8 Å². The first-order chi connectivity index (χ1) is 16.0. The number of carbonyl (C=O) groups is 2. The number of nitrogens with zero attached hydrogens (tertiary/aromatic N) is 1. The highest BCUT2D eigenvalue weighted by Crippen LogP contribution is 2.14. The molecule has 6 nitrogen and oxygen atoms in total. The van der Waals surface area contributed by atoms with Crippen LogP contribution in [0, 0.1) is 11.3 Å². The maximum absolute atomic E-state index is 13.1. The Balaban J connectivity index is 1.72. The van der Waals surface area contributed by atoms with Gasteiger partial charge in [-0.25, -0.2) is 0 Å². The van der Waals surface area contributed by atoms with Crippen LogP contribution in [0.5, 0.6) is 5.75 Å². The molecule has 33 heavy (non-hydrogen) atoms. The quantitative estimate of drug-likeness (QED) is 0.530. The number of rotatable bonds is 9. The summed E-state index contributed by atoms with van der Waals surface area (Å²) in [5, 5.41) is 14.9. The van der Waals surface area contributed by atoms with E-state index in [9.17, 15) is 9.59 Å². The first-order valence-corrected chi connectivity index (χ1v) is 10.7. The van der Waals surface area contributed by atoms with Crippen molar-refractivity contribution >= 4 is 11.8 Å². The molecule has 0 saturated heterocycles. The Hall–Kier alpha value is -4.11. The molecule has 0 aliphatic heterocycles. The highest BCUT2D eigenvalue weighted by Gasteiger charge is 2.23. The molecule has 6 heteroatoms. The fraction of sp³-hybridized carbons (Fsp3) is 0.222. The molecule has 0 heterocycles. The Morgan fingerprint density at radius 1 is 0.909 bits per heavy atom. The summed E-state index contributed by atoms with van der Waals surface area (Å²) in [4.78, 5) is 25.9. The highest BCUT2D eigenvalue weighted by atomic mass is 16.5. The third kappa shape index (κ3) is 6.94. The minimum absolute atomic E-state index is 0.148. The third-order valence-electron chi connectivity index (χ3n) is 5.36. The summed E-state index contributed by atoms with van der Waals surface area (Å²) >= 11 is 0. The van der Waals surface area contributed by atoms with Gasteiger partial charge in [0.05, 0.1) is 31.2 Å². The number of hydrogen-bond donors (Lipinski definition) is 2. The van der Waals surface area contributed by atoms with Crippen molar-refractivity contribution in [1.29, 1.82) is 5.26 Å². The molecule has 0 saturated carbocycles. The van der Waals surface area contributed by atoms with Crippen LogP contribution in [-0.4, -0.2) is 25.0 Å². The number of methoxy groups -OCH3 is 1. The van der Waals surface area contributed by atoms with Gasteiger partial charge in [-0.05, 0) is 47.9 Å². The average Bonchev–Trinajstić information content (AvgIpc) is 2.85. The fourth-order valence-electron chi connectivity index (χ4n) is 3.47. The molecule has 0 bridgehead atoms. The average molecular weight is 442 g/mol. The molecule has 2 atom stereocenters. The van der Waals surface area contributed by atoms with E-state index in [4.69, 9.17) is 10.00 Å². The second-order valence-electron chi connectivity index (χ2n) is 7.80. The van der Waals surface area contributed by atoms with Crippen LogP contribution in [0.3, 0.4) is 0 Å². The molecule has 0 aliphatic carbocycles. The van der Waals surface area contributed by atoms with Gasteiger partial charge in [0, 0.05) is 6.42 Å². The van der Waals surface area contributed by atoms with Gasteiger partial charge in [0.15, 0.2) is 0 Å². The van der Waals surface area contributed by atoms with Crippen molar-refractivity contribution in [1.82, 2.24) is 10.6 Å².